The van der Waals surface area contributed by atoms with Crippen LogP contribution >= 0.6 is 11.3 Å². The number of thiazole rings is 1. The lowest BCUT2D eigenvalue weighted by Gasteiger charge is -2.36. The zero-order valence-corrected chi connectivity index (χ0v) is 27.9. The predicted molar refractivity (Wildman–Crippen MR) is 182 cm³/mol. The molecule has 246 valence electrons. The van der Waals surface area contributed by atoms with E-state index in [0.29, 0.717) is 50.0 Å². The van der Waals surface area contributed by atoms with Crippen LogP contribution in [0.5, 0.6) is 0 Å². The van der Waals surface area contributed by atoms with Crippen LogP contribution in [0.1, 0.15) is 86.6 Å². The molecule has 2 N–H and O–H groups in total. The first kappa shape index (κ1) is 32.4. The fourth-order valence-electron chi connectivity index (χ4n) is 6.93. The first-order chi connectivity index (χ1) is 22.4. The van der Waals surface area contributed by atoms with E-state index in [9.17, 15) is 9.59 Å². The number of nitrogens with zero attached hydrogens (tertiary/aromatic N) is 4. The Labute approximate surface area is 276 Å². The highest BCUT2D eigenvalue weighted by Crippen LogP contribution is 2.44. The molecule has 2 amide bonds. The van der Waals surface area contributed by atoms with Crippen molar-refractivity contribution in [1.29, 1.82) is 0 Å². The Kier molecular flexibility index (Phi) is 10.5. The number of carbonyl (C=O) groups excluding carboxylic acids is 2. The van der Waals surface area contributed by atoms with Crippen molar-refractivity contribution in [3.05, 3.63) is 59.4 Å². The predicted octanol–water partition coefficient (Wildman–Crippen LogP) is 6.73. The first-order valence-corrected chi connectivity index (χ1v) is 17.8. The summed E-state index contributed by atoms with van der Waals surface area (Å²) in [4.78, 5) is 40.9. The summed E-state index contributed by atoms with van der Waals surface area (Å²) in [6, 6.07) is 12.8. The molecule has 0 saturated heterocycles. The second-order valence-corrected chi connectivity index (χ2v) is 14.5. The molecule has 6 rings (SSSR count). The molecule has 3 aliphatic rings. The molecule has 3 aromatic rings. The third-order valence-electron chi connectivity index (χ3n) is 9.82. The van der Waals surface area contributed by atoms with Crippen molar-refractivity contribution in [2.45, 2.75) is 82.1 Å². The van der Waals surface area contributed by atoms with Gasteiger partial charge in [0.2, 0.25) is 5.91 Å². The quantitative estimate of drug-likeness (QED) is 0.238. The fraction of sp³-hybridized carbons (Fsp3) is 0.556. The summed E-state index contributed by atoms with van der Waals surface area (Å²) in [5.74, 6) is 2.60. The van der Waals surface area contributed by atoms with Crippen LogP contribution in [0.15, 0.2) is 48.8 Å². The molecular weight excluding hydrogens is 598 g/mol. The fourth-order valence-corrected chi connectivity index (χ4v) is 8.01. The summed E-state index contributed by atoms with van der Waals surface area (Å²) in [5, 5.41) is 12.7. The number of hydrogen-bond acceptors (Lipinski definition) is 8. The maximum Gasteiger partial charge on any atom is 0.407 e. The second kappa shape index (κ2) is 14.9. The Morgan fingerprint density at radius 1 is 0.935 bits per heavy atom. The molecule has 2 heterocycles. The van der Waals surface area contributed by atoms with E-state index in [1.807, 2.05) is 31.4 Å². The lowest BCUT2D eigenvalue weighted by Crippen LogP contribution is -2.42. The average molecular weight is 646 g/mol. The number of alkyl carbamates (subject to hydrolysis) is 1. The lowest BCUT2D eigenvalue weighted by molar-refractivity contribution is -0.124. The molecule has 9 nitrogen and oxygen atoms in total. The average Bonchev–Trinajstić information content (AvgIpc) is 3.82. The third kappa shape index (κ3) is 8.07. The molecule has 3 aliphatic carbocycles. The monoisotopic (exact) mass is 645 g/mol. The molecule has 0 aliphatic heterocycles. The van der Waals surface area contributed by atoms with E-state index in [1.54, 1.807) is 11.3 Å². The minimum absolute atomic E-state index is 0.105. The highest BCUT2D eigenvalue weighted by molar-refractivity contribution is 7.15. The van der Waals surface area contributed by atoms with Crippen molar-refractivity contribution in [3.8, 4) is 10.4 Å². The van der Waals surface area contributed by atoms with Gasteiger partial charge in [0.05, 0.1) is 16.5 Å². The topological polar surface area (TPSA) is 108 Å². The molecule has 46 heavy (non-hydrogen) atoms. The van der Waals surface area contributed by atoms with Gasteiger partial charge >= 0.3 is 6.09 Å². The Bertz CT molecular complexity index is 1460. The number of aromatic nitrogens is 2. The van der Waals surface area contributed by atoms with Gasteiger partial charge in [0.25, 0.3) is 0 Å². The number of ether oxygens (including phenoxy) is 1. The molecule has 0 atom stereocenters. The van der Waals surface area contributed by atoms with Gasteiger partial charge in [-0.05, 0) is 105 Å². The van der Waals surface area contributed by atoms with E-state index in [2.05, 4.69) is 51.6 Å². The second-order valence-electron chi connectivity index (χ2n) is 13.4. The van der Waals surface area contributed by atoms with Gasteiger partial charge in [-0.1, -0.05) is 18.2 Å². The van der Waals surface area contributed by atoms with Gasteiger partial charge in [0.15, 0.2) is 0 Å². The summed E-state index contributed by atoms with van der Waals surface area (Å²) >= 11 is 1.78. The zero-order chi connectivity index (χ0) is 32.0. The van der Waals surface area contributed by atoms with Crippen molar-refractivity contribution in [2.75, 3.05) is 43.6 Å². The Hall–Kier alpha value is -3.50. The van der Waals surface area contributed by atoms with Crippen LogP contribution in [-0.2, 0) is 9.53 Å². The maximum absolute atomic E-state index is 14.3. The highest BCUT2D eigenvalue weighted by Gasteiger charge is 2.34. The lowest BCUT2D eigenvalue weighted by atomic mass is 9.78. The number of benzene rings is 1. The van der Waals surface area contributed by atoms with E-state index in [4.69, 9.17) is 14.8 Å². The maximum atomic E-state index is 14.3. The van der Waals surface area contributed by atoms with Crippen molar-refractivity contribution < 1.29 is 19.4 Å². The molecule has 0 bridgehead atoms. The Morgan fingerprint density at radius 2 is 1.70 bits per heavy atom. The van der Waals surface area contributed by atoms with Crippen molar-refractivity contribution >= 4 is 34.8 Å². The highest BCUT2D eigenvalue weighted by atomic mass is 32.1. The number of aliphatic hydroxyl groups is 1. The number of aliphatic hydroxyl groups excluding tert-OH is 1. The number of rotatable bonds is 11. The molecule has 0 spiro atoms. The number of hydrogen-bond donors (Lipinski definition) is 2. The third-order valence-corrected chi connectivity index (χ3v) is 11.0. The van der Waals surface area contributed by atoms with Gasteiger partial charge in [-0.2, -0.15) is 0 Å². The van der Waals surface area contributed by atoms with Gasteiger partial charge < -0.3 is 25.0 Å². The molecule has 0 radical (unpaired) electrons. The molecule has 2 aromatic heterocycles. The number of anilines is 2. The van der Waals surface area contributed by atoms with Crippen LogP contribution in [0.3, 0.4) is 0 Å². The van der Waals surface area contributed by atoms with Crippen LogP contribution in [0.2, 0.25) is 0 Å². The number of amides is 2. The summed E-state index contributed by atoms with van der Waals surface area (Å²) in [6.45, 7) is 0.759. The van der Waals surface area contributed by atoms with Crippen LogP contribution < -0.4 is 15.1 Å². The summed E-state index contributed by atoms with van der Waals surface area (Å²) in [7, 11) is 4.02. The standard InChI is InChI=1S/C36H47N5O4S/c1-40(2)33-17-14-29(21-38-33)25-8-6-24(7-9-25)23-41(35(43)27-12-15-31(16-13-27)45-36(44)37-18-19-42)30-5-3-4-28(20-30)32-22-39-34(46-32)26-10-11-26/h3-5,14,17,20-22,24-27,31,42H,6-13,15-16,18-19,23H2,1-2H3,(H,37,44)/t24-,25-,27?,31?. The van der Waals surface area contributed by atoms with Gasteiger partial charge in [-0.15, -0.1) is 11.3 Å². The molecule has 3 saturated carbocycles. The van der Waals surface area contributed by atoms with Crippen LogP contribution in [0.25, 0.3) is 10.4 Å². The van der Waals surface area contributed by atoms with Crippen molar-refractivity contribution in [1.82, 2.24) is 15.3 Å². The largest absolute Gasteiger partial charge is 0.446 e. The van der Waals surface area contributed by atoms with Crippen LogP contribution in [-0.4, -0.2) is 67.0 Å². The van der Waals surface area contributed by atoms with E-state index < -0.39 is 6.09 Å². The first-order valence-electron chi connectivity index (χ1n) is 16.9. The van der Waals surface area contributed by atoms with Gasteiger partial charge in [-0.25, -0.2) is 14.8 Å². The number of pyridine rings is 1. The minimum atomic E-state index is -0.504. The molecular formula is C36H47N5O4S. The zero-order valence-electron chi connectivity index (χ0n) is 27.1. The normalized spacial score (nSPS) is 23.0. The van der Waals surface area contributed by atoms with Crippen LogP contribution in [0.4, 0.5) is 16.3 Å². The number of carbonyl (C=O) groups is 2. The Morgan fingerprint density at radius 3 is 2.37 bits per heavy atom. The van der Waals surface area contributed by atoms with Gasteiger partial charge in [0, 0.05) is 57.1 Å². The summed E-state index contributed by atoms with van der Waals surface area (Å²) in [5.41, 5.74) is 3.38. The van der Waals surface area contributed by atoms with Gasteiger partial charge in [-0.3, -0.25) is 4.79 Å². The number of nitrogens with one attached hydrogen (secondary N) is 1. The van der Waals surface area contributed by atoms with Crippen molar-refractivity contribution in [2.24, 2.45) is 11.8 Å². The molecule has 3 fully saturated rings. The smallest absolute Gasteiger partial charge is 0.407 e. The van der Waals surface area contributed by atoms with E-state index in [0.717, 1.165) is 47.6 Å². The molecule has 0 unspecified atom stereocenters. The SMILES string of the molecule is CN(C)c1ccc([C@H]2CC[C@H](CN(C(=O)C3CCC(OC(=O)NCCO)CC3)c3cccc(-c4cnc(C5CC5)s4)c3)CC2)cn1. The minimum Gasteiger partial charge on any atom is -0.446 e. The van der Waals surface area contributed by atoms with E-state index in [-0.39, 0.29) is 31.1 Å². The Balaban J connectivity index is 1.14. The molecule has 1 aromatic carbocycles. The summed E-state index contributed by atoms with van der Waals surface area (Å²) in [6.07, 6.45) is 12.8. The van der Waals surface area contributed by atoms with E-state index in [1.165, 1.54) is 23.4 Å². The van der Waals surface area contributed by atoms with Crippen molar-refractivity contribution in [3.63, 3.8) is 0 Å². The van der Waals surface area contributed by atoms with E-state index >= 15 is 0 Å². The molecule has 10 heteroatoms. The summed E-state index contributed by atoms with van der Waals surface area (Å²) < 4.78 is 5.54. The van der Waals surface area contributed by atoms with Crippen LogP contribution in [0, 0.1) is 11.8 Å². The van der Waals surface area contributed by atoms with Gasteiger partial charge in [0.1, 0.15) is 11.9 Å².